The van der Waals surface area contributed by atoms with Gasteiger partial charge in [-0.05, 0) is 30.0 Å². The van der Waals surface area contributed by atoms with Crippen molar-refractivity contribution in [2.45, 2.75) is 32.1 Å². The number of carboxylic acid groups (broad SMARTS) is 2. The van der Waals surface area contributed by atoms with Gasteiger partial charge in [0.1, 0.15) is 0 Å². The van der Waals surface area contributed by atoms with Crippen molar-refractivity contribution in [3.05, 3.63) is 38.9 Å². The summed E-state index contributed by atoms with van der Waals surface area (Å²) in [7, 11) is 0. The van der Waals surface area contributed by atoms with Gasteiger partial charge in [-0.2, -0.15) is 8.78 Å². The highest BCUT2D eigenvalue weighted by molar-refractivity contribution is 6.05. The summed E-state index contributed by atoms with van der Waals surface area (Å²) in [4.78, 5) is 32.3. The van der Waals surface area contributed by atoms with Crippen molar-refractivity contribution in [3.63, 3.8) is 0 Å². The molecule has 0 aromatic heterocycles. The number of carbonyl (C=O) groups is 2. The van der Waals surface area contributed by atoms with Gasteiger partial charge in [-0.25, -0.2) is 0 Å². The molecule has 0 saturated heterocycles. The Hall–Kier alpha value is -2.58. The molecule has 1 aromatic rings. The van der Waals surface area contributed by atoms with Crippen LogP contribution in [0.4, 0.5) is 14.5 Å². The van der Waals surface area contributed by atoms with E-state index in [0.717, 1.165) is 0 Å². The van der Waals surface area contributed by atoms with Crippen LogP contribution in [0.1, 0.15) is 31.4 Å². The lowest BCUT2D eigenvalue weighted by atomic mass is 9.75. The maximum atomic E-state index is 14.2. The Balaban J connectivity index is 3.91. The maximum absolute atomic E-state index is 14.2. The average Bonchev–Trinajstić information content (AvgIpc) is 2.38. The van der Waals surface area contributed by atoms with Crippen molar-refractivity contribution in [2.75, 3.05) is 0 Å². The molecule has 0 radical (unpaired) electrons. The molecule has 120 valence electrons. The van der Waals surface area contributed by atoms with Crippen LogP contribution >= 0.6 is 0 Å². The number of hydrogen-bond donors (Lipinski definition) is 2. The van der Waals surface area contributed by atoms with Gasteiger partial charge in [0.25, 0.3) is 0 Å². The maximum Gasteiger partial charge on any atom is 0.340 e. The summed E-state index contributed by atoms with van der Waals surface area (Å²) in [6.07, 6.45) is -0.716. The summed E-state index contributed by atoms with van der Waals surface area (Å²) in [5, 5.41) is 29.2. The molecule has 0 aliphatic heterocycles. The average molecular weight is 317 g/mol. The fourth-order valence-electron chi connectivity index (χ4n) is 2.36. The van der Waals surface area contributed by atoms with Crippen molar-refractivity contribution in [1.29, 1.82) is 0 Å². The summed E-state index contributed by atoms with van der Waals surface area (Å²) in [6.45, 7) is 2.59. The fraction of sp³-hybridized carbons (Fsp3) is 0.385. The lowest BCUT2D eigenvalue weighted by Gasteiger charge is -2.26. The fourth-order valence-corrected chi connectivity index (χ4v) is 2.36. The molecule has 1 aromatic carbocycles. The molecular weight excluding hydrogens is 304 g/mol. The van der Waals surface area contributed by atoms with Gasteiger partial charge in [0, 0.05) is 0 Å². The van der Waals surface area contributed by atoms with Crippen LogP contribution in [0.25, 0.3) is 0 Å². The Morgan fingerprint density at radius 1 is 1.27 bits per heavy atom. The molecular formula is C13H13F2NO6. The van der Waals surface area contributed by atoms with Crippen LogP contribution in [-0.2, 0) is 21.4 Å². The molecule has 22 heavy (non-hydrogen) atoms. The zero-order valence-corrected chi connectivity index (χ0v) is 11.7. The second kappa shape index (κ2) is 6.04. The number of aliphatic carboxylic acids is 2. The Labute approximate surface area is 123 Å². The third-order valence-corrected chi connectivity index (χ3v) is 3.55. The predicted molar refractivity (Wildman–Crippen MR) is 69.6 cm³/mol. The highest BCUT2D eigenvalue weighted by atomic mass is 19.1. The molecule has 0 spiro atoms. The van der Waals surface area contributed by atoms with Crippen molar-refractivity contribution in [3.8, 4) is 0 Å². The molecule has 0 heterocycles. The van der Waals surface area contributed by atoms with Gasteiger partial charge in [0.05, 0.1) is 4.92 Å². The van der Waals surface area contributed by atoms with Crippen LogP contribution in [0.2, 0.25) is 0 Å². The molecule has 0 aliphatic carbocycles. The number of halogens is 2. The first kappa shape index (κ1) is 17.5. The second-order valence-electron chi connectivity index (χ2n) is 4.53. The number of rotatable bonds is 6. The van der Waals surface area contributed by atoms with Gasteiger partial charge in [-0.15, -0.1) is 0 Å². The Bertz CT molecular complexity index is 644. The minimum Gasteiger partial charge on any atom is -0.480 e. The number of nitrogens with zero attached hydrogens (tertiary/aromatic N) is 1. The molecule has 1 rings (SSSR count). The van der Waals surface area contributed by atoms with E-state index < -0.39 is 57.1 Å². The minimum absolute atomic E-state index is 0.232. The van der Waals surface area contributed by atoms with Gasteiger partial charge in [-0.1, -0.05) is 13.8 Å². The number of nitro groups is 1. The molecule has 0 saturated carbocycles. The summed E-state index contributed by atoms with van der Waals surface area (Å²) in [6, 6.07) is 0.422. The molecule has 0 bridgehead atoms. The first-order chi connectivity index (χ1) is 10.1. The zero-order valence-electron chi connectivity index (χ0n) is 11.7. The van der Waals surface area contributed by atoms with Crippen LogP contribution in [0.15, 0.2) is 6.07 Å². The van der Waals surface area contributed by atoms with E-state index in [1.54, 1.807) is 0 Å². The predicted octanol–water partition coefficient (Wildman–Crippen LogP) is 2.25. The van der Waals surface area contributed by atoms with Crippen LogP contribution in [0, 0.1) is 21.7 Å². The van der Waals surface area contributed by atoms with Crippen molar-refractivity contribution >= 4 is 17.6 Å². The van der Waals surface area contributed by atoms with Gasteiger partial charge in [0.2, 0.25) is 11.6 Å². The number of benzene rings is 1. The molecule has 0 unspecified atom stereocenters. The molecule has 0 aliphatic rings. The van der Waals surface area contributed by atoms with E-state index in [0.29, 0.717) is 6.07 Å². The number of nitro benzene ring substituents is 1. The quantitative estimate of drug-likeness (QED) is 0.472. The van der Waals surface area contributed by atoms with Crippen molar-refractivity contribution < 1.29 is 33.5 Å². The van der Waals surface area contributed by atoms with E-state index in [9.17, 15) is 38.7 Å². The molecule has 9 heteroatoms. The Morgan fingerprint density at radius 2 is 1.77 bits per heavy atom. The Morgan fingerprint density at radius 3 is 2.09 bits per heavy atom. The van der Waals surface area contributed by atoms with Crippen LogP contribution in [0.5, 0.6) is 0 Å². The monoisotopic (exact) mass is 317 g/mol. The smallest absolute Gasteiger partial charge is 0.340 e. The first-order valence-corrected chi connectivity index (χ1v) is 6.27. The minimum atomic E-state index is -2.58. The van der Waals surface area contributed by atoms with E-state index in [-0.39, 0.29) is 6.42 Å². The molecule has 7 nitrogen and oxygen atoms in total. The van der Waals surface area contributed by atoms with Crippen LogP contribution in [0.3, 0.4) is 0 Å². The van der Waals surface area contributed by atoms with E-state index in [1.807, 2.05) is 0 Å². The highest BCUT2D eigenvalue weighted by Crippen LogP contribution is 2.37. The second-order valence-corrected chi connectivity index (χ2v) is 4.53. The van der Waals surface area contributed by atoms with Crippen molar-refractivity contribution in [2.24, 2.45) is 0 Å². The SMILES string of the molecule is CCc1c(C(CC)(C(=O)O)C(=O)O)cc(F)c([N+](=O)[O-])c1F. The van der Waals surface area contributed by atoms with E-state index >= 15 is 0 Å². The summed E-state index contributed by atoms with van der Waals surface area (Å²) >= 11 is 0. The number of hydrogen-bond acceptors (Lipinski definition) is 4. The molecule has 0 fully saturated rings. The normalized spacial score (nSPS) is 11.3. The number of carboxylic acids is 2. The van der Waals surface area contributed by atoms with Gasteiger partial charge >= 0.3 is 17.6 Å². The third kappa shape index (κ3) is 2.38. The standard InChI is InChI=1S/C13H13F2NO6/c1-3-6-7(13(4-2,11(17)18)12(19)20)5-8(14)10(9(6)15)16(21)22/h5H,3-4H2,1-2H3,(H,17,18)(H,19,20). The lowest BCUT2D eigenvalue weighted by Crippen LogP contribution is -2.44. The highest BCUT2D eigenvalue weighted by Gasteiger charge is 2.49. The van der Waals surface area contributed by atoms with E-state index in [4.69, 9.17) is 0 Å². The van der Waals surface area contributed by atoms with E-state index in [1.165, 1.54) is 13.8 Å². The summed E-state index contributed by atoms with van der Waals surface area (Å²) in [5.41, 5.74) is -5.14. The molecule has 0 amide bonds. The van der Waals surface area contributed by atoms with Gasteiger partial charge in [-0.3, -0.25) is 19.7 Å². The van der Waals surface area contributed by atoms with Crippen LogP contribution in [-0.4, -0.2) is 27.1 Å². The van der Waals surface area contributed by atoms with Gasteiger partial charge < -0.3 is 10.2 Å². The largest absolute Gasteiger partial charge is 0.480 e. The third-order valence-electron chi connectivity index (χ3n) is 3.55. The van der Waals surface area contributed by atoms with E-state index in [2.05, 4.69) is 0 Å². The summed E-state index contributed by atoms with van der Waals surface area (Å²) in [5.74, 6) is -6.77. The molecule has 2 N–H and O–H groups in total. The van der Waals surface area contributed by atoms with Crippen LogP contribution < -0.4 is 0 Å². The Kier molecular flexibility index (Phi) is 4.80. The summed E-state index contributed by atoms with van der Waals surface area (Å²) < 4.78 is 28.0. The molecule has 0 atom stereocenters. The van der Waals surface area contributed by atoms with Gasteiger partial charge in [0.15, 0.2) is 5.41 Å². The topological polar surface area (TPSA) is 118 Å². The lowest BCUT2D eigenvalue weighted by molar-refractivity contribution is -0.390. The van der Waals surface area contributed by atoms with Crippen molar-refractivity contribution in [1.82, 2.24) is 0 Å². The zero-order chi connectivity index (χ0) is 17.2. The first-order valence-electron chi connectivity index (χ1n) is 6.27.